The third-order valence-corrected chi connectivity index (χ3v) is 5.36. The van der Waals surface area contributed by atoms with Crippen molar-refractivity contribution in [3.8, 4) is 5.75 Å². The van der Waals surface area contributed by atoms with Gasteiger partial charge < -0.3 is 4.74 Å². The molecule has 1 aliphatic carbocycles. The summed E-state index contributed by atoms with van der Waals surface area (Å²) in [6, 6.07) is 2.31. The lowest BCUT2D eigenvalue weighted by atomic mass is 9.69. The lowest BCUT2D eigenvalue weighted by molar-refractivity contribution is -0.386. The molecular formula is C13H13BrF3NO3. The first-order valence-corrected chi connectivity index (χ1v) is 7.11. The van der Waals surface area contributed by atoms with Crippen LogP contribution in [0.1, 0.15) is 25.8 Å². The third-order valence-electron chi connectivity index (χ3n) is 3.81. The van der Waals surface area contributed by atoms with Gasteiger partial charge in [-0.15, -0.1) is 0 Å². The highest BCUT2D eigenvalue weighted by atomic mass is 79.9. The summed E-state index contributed by atoms with van der Waals surface area (Å²) in [5.74, 6) is -0.134. The number of hydrogen-bond acceptors (Lipinski definition) is 3. The van der Waals surface area contributed by atoms with E-state index in [1.807, 2.05) is 13.8 Å². The van der Waals surface area contributed by atoms with Crippen LogP contribution < -0.4 is 4.74 Å². The van der Waals surface area contributed by atoms with Crippen molar-refractivity contribution >= 4 is 21.6 Å². The van der Waals surface area contributed by atoms with Gasteiger partial charge in [0.1, 0.15) is 6.10 Å². The molecule has 21 heavy (non-hydrogen) atoms. The Labute approximate surface area is 127 Å². The van der Waals surface area contributed by atoms with Gasteiger partial charge in [0.25, 0.3) is 0 Å². The number of nitrogens with zero attached hydrogens (tertiary/aromatic N) is 1. The summed E-state index contributed by atoms with van der Waals surface area (Å²) >= 11 is 3.46. The van der Waals surface area contributed by atoms with Crippen LogP contribution in [-0.2, 0) is 6.18 Å². The lowest BCUT2D eigenvalue weighted by Gasteiger charge is -2.48. The van der Waals surface area contributed by atoms with Crippen molar-refractivity contribution in [1.82, 2.24) is 0 Å². The summed E-state index contributed by atoms with van der Waals surface area (Å²) in [5.41, 5.74) is -1.97. The fourth-order valence-corrected chi connectivity index (χ4v) is 2.76. The molecule has 8 heteroatoms. The maximum Gasteiger partial charge on any atom is 0.416 e. The number of benzene rings is 1. The molecule has 1 fully saturated rings. The molecule has 2 rings (SSSR count). The number of nitro benzene ring substituents is 1. The van der Waals surface area contributed by atoms with Crippen LogP contribution in [0.2, 0.25) is 0 Å². The summed E-state index contributed by atoms with van der Waals surface area (Å²) in [7, 11) is 0. The molecule has 0 radical (unpaired) electrons. The van der Waals surface area contributed by atoms with Crippen molar-refractivity contribution in [3.63, 3.8) is 0 Å². The van der Waals surface area contributed by atoms with E-state index in [1.54, 1.807) is 0 Å². The topological polar surface area (TPSA) is 52.4 Å². The average Bonchev–Trinajstić information content (AvgIpc) is 2.37. The highest BCUT2D eigenvalue weighted by molar-refractivity contribution is 9.09. The van der Waals surface area contributed by atoms with E-state index in [0.717, 1.165) is 12.1 Å². The van der Waals surface area contributed by atoms with Crippen molar-refractivity contribution in [2.75, 3.05) is 0 Å². The quantitative estimate of drug-likeness (QED) is 0.447. The van der Waals surface area contributed by atoms with Gasteiger partial charge in [0, 0.05) is 16.3 Å². The highest BCUT2D eigenvalue weighted by Crippen LogP contribution is 2.48. The van der Waals surface area contributed by atoms with Gasteiger partial charge in [-0.3, -0.25) is 10.1 Å². The maximum atomic E-state index is 12.6. The second-order valence-corrected chi connectivity index (χ2v) is 6.67. The Balaban J connectivity index is 2.30. The molecule has 0 spiro atoms. The molecule has 0 amide bonds. The van der Waals surface area contributed by atoms with Gasteiger partial charge in [-0.05, 0) is 18.6 Å². The number of hydrogen-bond donors (Lipinski definition) is 0. The number of halogens is 4. The number of nitro groups is 1. The Kier molecular flexibility index (Phi) is 3.94. The van der Waals surface area contributed by atoms with Crippen LogP contribution >= 0.6 is 15.9 Å². The van der Waals surface area contributed by atoms with Crippen LogP contribution in [0.4, 0.5) is 18.9 Å². The van der Waals surface area contributed by atoms with Crippen LogP contribution in [0, 0.1) is 15.5 Å². The van der Waals surface area contributed by atoms with Gasteiger partial charge in [-0.2, -0.15) is 13.2 Å². The largest absolute Gasteiger partial charge is 0.483 e. The normalized spacial score (nSPS) is 24.3. The molecule has 0 aromatic heterocycles. The van der Waals surface area contributed by atoms with Crippen molar-refractivity contribution in [3.05, 3.63) is 33.9 Å². The second-order valence-electron chi connectivity index (χ2n) is 5.57. The Morgan fingerprint density at radius 1 is 1.43 bits per heavy atom. The molecule has 0 aliphatic heterocycles. The molecule has 1 aliphatic rings. The van der Waals surface area contributed by atoms with Gasteiger partial charge in [0.15, 0.2) is 5.75 Å². The summed E-state index contributed by atoms with van der Waals surface area (Å²) in [5, 5.41) is 11.0. The average molecular weight is 368 g/mol. The Morgan fingerprint density at radius 2 is 2.05 bits per heavy atom. The fraction of sp³-hybridized carbons (Fsp3) is 0.538. The first kappa shape index (κ1) is 16.1. The SMILES string of the molecule is CC1(C)C(Br)CC1Oc1ccc(C(F)(F)F)cc1[N+](=O)[O-]. The fourth-order valence-electron chi connectivity index (χ4n) is 2.13. The number of rotatable bonds is 3. The van der Waals surface area contributed by atoms with Crippen molar-refractivity contribution in [2.24, 2.45) is 5.41 Å². The molecule has 1 aromatic rings. The van der Waals surface area contributed by atoms with Gasteiger partial charge in [-0.1, -0.05) is 29.8 Å². The predicted octanol–water partition coefficient (Wildman–Crippen LogP) is 4.55. The first-order valence-electron chi connectivity index (χ1n) is 6.20. The Morgan fingerprint density at radius 3 is 2.48 bits per heavy atom. The molecule has 0 bridgehead atoms. The molecule has 4 nitrogen and oxygen atoms in total. The van der Waals surface area contributed by atoms with Crippen molar-refractivity contribution < 1.29 is 22.8 Å². The van der Waals surface area contributed by atoms with E-state index in [0.29, 0.717) is 12.5 Å². The standard InChI is InChI=1S/C13H13BrF3NO3/c1-12(2)10(14)6-11(12)21-9-4-3-7(13(15,16)17)5-8(9)18(19)20/h3-5,10-11H,6H2,1-2H3. The summed E-state index contributed by atoms with van der Waals surface area (Å²) < 4.78 is 43.4. The van der Waals surface area contributed by atoms with Crippen molar-refractivity contribution in [2.45, 2.75) is 37.4 Å². The van der Waals surface area contributed by atoms with Crippen molar-refractivity contribution in [1.29, 1.82) is 0 Å². The van der Waals surface area contributed by atoms with Gasteiger partial charge in [0.05, 0.1) is 10.5 Å². The minimum atomic E-state index is -4.63. The molecule has 1 aromatic carbocycles. The molecular weight excluding hydrogens is 355 g/mol. The highest BCUT2D eigenvalue weighted by Gasteiger charge is 2.49. The van der Waals surface area contributed by atoms with E-state index >= 15 is 0 Å². The van der Waals surface area contributed by atoms with Crippen LogP contribution in [0.25, 0.3) is 0 Å². The minimum absolute atomic E-state index is 0.134. The zero-order chi connectivity index (χ0) is 16.0. The Hall–Kier alpha value is -1.31. The minimum Gasteiger partial charge on any atom is -0.483 e. The number of alkyl halides is 4. The maximum absolute atomic E-state index is 12.6. The number of ether oxygens (including phenoxy) is 1. The summed E-state index contributed by atoms with van der Waals surface area (Å²) in [6.45, 7) is 3.85. The molecule has 0 N–H and O–H groups in total. The van der Waals surface area contributed by atoms with Crippen LogP contribution in [-0.4, -0.2) is 15.9 Å². The van der Waals surface area contributed by atoms with Crippen LogP contribution in [0.5, 0.6) is 5.75 Å². The van der Waals surface area contributed by atoms with Crippen LogP contribution in [0.15, 0.2) is 18.2 Å². The smallest absolute Gasteiger partial charge is 0.416 e. The van der Waals surface area contributed by atoms with E-state index in [2.05, 4.69) is 15.9 Å². The summed E-state index contributed by atoms with van der Waals surface area (Å²) in [6.07, 6.45) is -4.26. The monoisotopic (exact) mass is 367 g/mol. The van der Waals surface area contributed by atoms with Gasteiger partial charge in [-0.25, -0.2) is 0 Å². The Bertz CT molecular complexity index is 574. The second kappa shape index (κ2) is 5.15. The third kappa shape index (κ3) is 3.00. The predicted molar refractivity (Wildman–Crippen MR) is 73.6 cm³/mol. The molecule has 2 atom stereocenters. The van der Waals surface area contributed by atoms with E-state index in [1.165, 1.54) is 0 Å². The molecule has 0 heterocycles. The first-order chi connectivity index (χ1) is 9.53. The lowest BCUT2D eigenvalue weighted by Crippen LogP contribution is -2.53. The van der Waals surface area contributed by atoms with Gasteiger partial charge >= 0.3 is 11.9 Å². The van der Waals surface area contributed by atoms with E-state index in [-0.39, 0.29) is 22.1 Å². The van der Waals surface area contributed by atoms with Crippen LogP contribution in [0.3, 0.4) is 0 Å². The van der Waals surface area contributed by atoms with Gasteiger partial charge in [0.2, 0.25) is 0 Å². The molecule has 0 saturated heterocycles. The zero-order valence-corrected chi connectivity index (χ0v) is 12.9. The van der Waals surface area contributed by atoms with E-state index in [9.17, 15) is 23.3 Å². The molecule has 116 valence electrons. The van der Waals surface area contributed by atoms with E-state index < -0.39 is 22.4 Å². The zero-order valence-electron chi connectivity index (χ0n) is 11.3. The summed E-state index contributed by atoms with van der Waals surface area (Å²) in [4.78, 5) is 10.3. The molecule has 2 unspecified atom stereocenters. The molecule has 1 saturated carbocycles. The van der Waals surface area contributed by atoms with E-state index in [4.69, 9.17) is 4.74 Å².